The van der Waals surface area contributed by atoms with Gasteiger partial charge < -0.3 is 9.73 Å². The Morgan fingerprint density at radius 3 is 2.44 bits per heavy atom. The van der Waals surface area contributed by atoms with Crippen molar-refractivity contribution in [2.45, 2.75) is 50.0 Å². The molecule has 1 N–H and O–H groups in total. The fourth-order valence-corrected chi connectivity index (χ4v) is 6.36. The van der Waals surface area contributed by atoms with Gasteiger partial charge in [0, 0.05) is 31.1 Å². The minimum atomic E-state index is -3.71. The van der Waals surface area contributed by atoms with Crippen LogP contribution in [0.2, 0.25) is 0 Å². The second-order valence-corrected chi connectivity index (χ2v) is 11.1. The highest BCUT2D eigenvalue weighted by Gasteiger charge is 2.33. The molecule has 8 nitrogen and oxygen atoms in total. The Bertz CT molecular complexity index is 1090. The number of carbonyl (C=O) groups is 2. The van der Waals surface area contributed by atoms with Gasteiger partial charge >= 0.3 is 0 Å². The number of sulfonamides is 1. The molecule has 0 bridgehead atoms. The van der Waals surface area contributed by atoms with Crippen molar-refractivity contribution in [2.24, 2.45) is 5.92 Å². The van der Waals surface area contributed by atoms with E-state index in [9.17, 15) is 18.0 Å². The van der Waals surface area contributed by atoms with E-state index >= 15 is 0 Å². The maximum Gasteiger partial charge on any atom is 0.243 e. The smallest absolute Gasteiger partial charge is 0.243 e. The van der Waals surface area contributed by atoms with Crippen LogP contribution in [0.3, 0.4) is 0 Å². The Morgan fingerprint density at radius 1 is 1.06 bits per heavy atom. The highest BCUT2D eigenvalue weighted by molar-refractivity contribution is 7.89. The highest BCUT2D eigenvalue weighted by atomic mass is 32.2. The molecule has 3 heterocycles. The van der Waals surface area contributed by atoms with Crippen molar-refractivity contribution in [1.29, 1.82) is 0 Å². The monoisotopic (exact) mass is 487 g/mol. The van der Waals surface area contributed by atoms with E-state index in [1.54, 1.807) is 18.4 Å². The van der Waals surface area contributed by atoms with E-state index in [2.05, 4.69) is 10.2 Å². The van der Waals surface area contributed by atoms with Crippen molar-refractivity contribution < 1.29 is 22.4 Å². The molecule has 2 aliphatic rings. The summed E-state index contributed by atoms with van der Waals surface area (Å²) in [7, 11) is -3.71. The largest absolute Gasteiger partial charge is 0.468 e. The Morgan fingerprint density at radius 2 is 1.79 bits per heavy atom. The Labute approximate surface area is 201 Å². The highest BCUT2D eigenvalue weighted by Crippen LogP contribution is 2.27. The second-order valence-electron chi connectivity index (χ2n) is 9.14. The van der Waals surface area contributed by atoms with Gasteiger partial charge in [-0.25, -0.2) is 8.42 Å². The number of nitrogens with one attached hydrogen (secondary N) is 1. The number of Topliss-reactive ketones (excluding diaryl/α,β-unsaturated/α-hetero) is 1. The van der Waals surface area contributed by atoms with Crippen LogP contribution in [0.1, 0.15) is 61.2 Å². The predicted octanol–water partition coefficient (Wildman–Crippen LogP) is 3.23. The molecule has 4 rings (SSSR count). The van der Waals surface area contributed by atoms with E-state index < -0.39 is 10.0 Å². The molecule has 0 saturated carbocycles. The van der Waals surface area contributed by atoms with Gasteiger partial charge in [-0.3, -0.25) is 14.5 Å². The molecule has 184 valence electrons. The lowest BCUT2D eigenvalue weighted by molar-refractivity contribution is -0.126. The summed E-state index contributed by atoms with van der Waals surface area (Å²) in [6.45, 7) is 4.42. The van der Waals surface area contributed by atoms with E-state index in [4.69, 9.17) is 4.42 Å². The summed E-state index contributed by atoms with van der Waals surface area (Å²) in [5.74, 6) is 0.415. The number of nitrogens with zero attached hydrogens (tertiary/aromatic N) is 2. The third-order valence-corrected chi connectivity index (χ3v) is 8.77. The number of rotatable bonds is 8. The van der Waals surface area contributed by atoms with E-state index in [1.807, 2.05) is 12.1 Å². The fourth-order valence-electron chi connectivity index (χ4n) is 4.85. The van der Waals surface area contributed by atoms with Crippen LogP contribution in [-0.4, -0.2) is 62.0 Å². The molecule has 0 unspecified atom stereocenters. The molecule has 1 amide bonds. The fraction of sp³-hybridized carbons (Fsp3) is 0.520. The normalized spacial score (nSPS) is 19.6. The molecule has 2 fully saturated rings. The molecule has 9 heteroatoms. The van der Waals surface area contributed by atoms with Crippen LogP contribution in [-0.2, 0) is 14.8 Å². The second kappa shape index (κ2) is 10.8. The van der Waals surface area contributed by atoms with Crippen molar-refractivity contribution in [3.63, 3.8) is 0 Å². The van der Waals surface area contributed by atoms with Crippen LogP contribution in [0, 0.1) is 5.92 Å². The third kappa shape index (κ3) is 5.59. The van der Waals surface area contributed by atoms with Crippen molar-refractivity contribution in [3.8, 4) is 0 Å². The summed E-state index contributed by atoms with van der Waals surface area (Å²) >= 11 is 0. The van der Waals surface area contributed by atoms with Gasteiger partial charge in [0.25, 0.3) is 0 Å². The molecule has 34 heavy (non-hydrogen) atoms. The van der Waals surface area contributed by atoms with E-state index in [1.165, 1.54) is 29.8 Å². The maximum atomic E-state index is 13.1. The van der Waals surface area contributed by atoms with Crippen LogP contribution < -0.4 is 5.32 Å². The Kier molecular flexibility index (Phi) is 7.85. The molecule has 0 radical (unpaired) electrons. The van der Waals surface area contributed by atoms with Gasteiger partial charge in [-0.1, -0.05) is 18.6 Å². The lowest BCUT2D eigenvalue weighted by atomic mass is 9.97. The molecule has 0 spiro atoms. The van der Waals surface area contributed by atoms with Crippen molar-refractivity contribution in [3.05, 3.63) is 54.0 Å². The standard InChI is InChI=1S/C25H33N3O5S/c1-19(29)21-7-5-8-22(17-21)34(31,32)28-14-10-20(11-15-28)25(30)26-18-23(24-9-6-16-33-24)27-12-3-2-4-13-27/h5-9,16-17,20,23H,2-4,10-15,18H2,1H3,(H,26,30)/t23-/m1/s1. The lowest BCUT2D eigenvalue weighted by Crippen LogP contribution is -2.45. The quantitative estimate of drug-likeness (QED) is 0.574. The van der Waals surface area contributed by atoms with Gasteiger partial charge in [-0.15, -0.1) is 0 Å². The number of hydrogen-bond donors (Lipinski definition) is 1. The zero-order chi connectivity index (χ0) is 24.1. The molecule has 2 aromatic rings. The first-order valence-corrected chi connectivity index (χ1v) is 13.5. The first kappa shape index (κ1) is 24.6. The van der Waals surface area contributed by atoms with Gasteiger partial charge in [-0.05, 0) is 70.0 Å². The van der Waals surface area contributed by atoms with E-state index in [0.29, 0.717) is 24.9 Å². The first-order chi connectivity index (χ1) is 16.4. The summed E-state index contributed by atoms with van der Waals surface area (Å²) in [6.07, 6.45) is 6.12. The van der Waals surface area contributed by atoms with Crippen LogP contribution in [0.25, 0.3) is 0 Å². The number of benzene rings is 1. The van der Waals surface area contributed by atoms with E-state index in [-0.39, 0.29) is 41.6 Å². The molecule has 1 atom stereocenters. The summed E-state index contributed by atoms with van der Waals surface area (Å²) < 4.78 is 33.2. The summed E-state index contributed by atoms with van der Waals surface area (Å²) in [4.78, 5) is 27.1. The van der Waals surface area contributed by atoms with Gasteiger partial charge in [0.15, 0.2) is 5.78 Å². The molecular formula is C25H33N3O5S. The van der Waals surface area contributed by atoms with Gasteiger partial charge in [0.1, 0.15) is 5.76 Å². The van der Waals surface area contributed by atoms with Crippen molar-refractivity contribution in [2.75, 3.05) is 32.7 Å². The number of ketones is 1. The number of likely N-dealkylation sites (tertiary alicyclic amines) is 1. The first-order valence-electron chi connectivity index (χ1n) is 12.0. The average Bonchev–Trinajstić information content (AvgIpc) is 3.39. The molecule has 2 saturated heterocycles. The number of carbonyl (C=O) groups excluding carboxylic acids is 2. The van der Waals surface area contributed by atoms with Gasteiger partial charge in [0.2, 0.25) is 15.9 Å². The molecule has 1 aromatic carbocycles. The predicted molar refractivity (Wildman–Crippen MR) is 128 cm³/mol. The van der Waals surface area contributed by atoms with Crippen molar-refractivity contribution in [1.82, 2.24) is 14.5 Å². The number of piperidine rings is 2. The lowest BCUT2D eigenvalue weighted by Gasteiger charge is -2.34. The number of amides is 1. The maximum absolute atomic E-state index is 13.1. The van der Waals surface area contributed by atoms with Crippen LogP contribution in [0.15, 0.2) is 52.0 Å². The Balaban J connectivity index is 1.34. The zero-order valence-corrected chi connectivity index (χ0v) is 20.4. The van der Waals surface area contributed by atoms with Crippen LogP contribution >= 0.6 is 0 Å². The van der Waals surface area contributed by atoms with Crippen LogP contribution in [0.5, 0.6) is 0 Å². The summed E-state index contributed by atoms with van der Waals surface area (Å²) in [5, 5.41) is 3.10. The van der Waals surface area contributed by atoms with Gasteiger partial charge in [0.05, 0.1) is 17.2 Å². The number of furan rings is 1. The summed E-state index contributed by atoms with van der Waals surface area (Å²) in [6, 6.07) is 9.96. The SMILES string of the molecule is CC(=O)c1cccc(S(=O)(=O)N2CCC(C(=O)NC[C@H](c3ccco3)N3CCCCC3)CC2)c1. The number of hydrogen-bond acceptors (Lipinski definition) is 6. The zero-order valence-electron chi connectivity index (χ0n) is 19.6. The van der Waals surface area contributed by atoms with E-state index in [0.717, 1.165) is 31.7 Å². The Hall–Kier alpha value is -2.49. The summed E-state index contributed by atoms with van der Waals surface area (Å²) in [5.41, 5.74) is 0.371. The molecule has 0 aliphatic carbocycles. The molecule has 2 aliphatic heterocycles. The topological polar surface area (TPSA) is 99.9 Å². The molecule has 1 aromatic heterocycles. The van der Waals surface area contributed by atoms with Crippen molar-refractivity contribution >= 4 is 21.7 Å². The van der Waals surface area contributed by atoms with Gasteiger partial charge in [-0.2, -0.15) is 4.31 Å². The third-order valence-electron chi connectivity index (χ3n) is 6.88. The average molecular weight is 488 g/mol. The minimum absolute atomic E-state index is 0.00766. The van der Waals surface area contributed by atoms with Crippen LogP contribution in [0.4, 0.5) is 0 Å². The molecular weight excluding hydrogens is 454 g/mol. The minimum Gasteiger partial charge on any atom is -0.468 e.